The zero-order valence-corrected chi connectivity index (χ0v) is 10.1. The number of hydrogen-bond donors (Lipinski definition) is 1. The van der Waals surface area contributed by atoms with Crippen LogP contribution in [0.25, 0.3) is 0 Å². The van der Waals surface area contributed by atoms with E-state index in [0.29, 0.717) is 12.8 Å². The van der Waals surface area contributed by atoms with Gasteiger partial charge >= 0.3 is 11.8 Å². The van der Waals surface area contributed by atoms with Crippen molar-refractivity contribution in [1.82, 2.24) is 10.1 Å². The van der Waals surface area contributed by atoms with E-state index in [0.717, 1.165) is 6.42 Å². The summed E-state index contributed by atoms with van der Waals surface area (Å²) in [7, 11) is 0. The standard InChI is InChI=1S/C13H13F2N3O/c14-13(15,9-5-2-1-3-6-9)11-17-10(18-19-11)12(16)7-4-8-12/h1-3,5-6H,4,7-8,16H2. The number of nitrogens with zero attached hydrogens (tertiary/aromatic N) is 2. The van der Waals surface area contributed by atoms with Crippen LogP contribution in [0.4, 0.5) is 8.78 Å². The Kier molecular flexibility index (Phi) is 2.63. The molecular formula is C13H13F2N3O. The minimum absolute atomic E-state index is 0.171. The molecular weight excluding hydrogens is 252 g/mol. The summed E-state index contributed by atoms with van der Waals surface area (Å²) < 4.78 is 33.1. The molecule has 0 aliphatic heterocycles. The van der Waals surface area contributed by atoms with E-state index in [1.807, 2.05) is 0 Å². The van der Waals surface area contributed by atoms with E-state index in [-0.39, 0.29) is 11.4 Å². The molecule has 0 saturated heterocycles. The first kappa shape index (κ1) is 12.2. The molecule has 0 radical (unpaired) electrons. The highest BCUT2D eigenvalue weighted by molar-refractivity contribution is 5.25. The molecule has 100 valence electrons. The van der Waals surface area contributed by atoms with Crippen LogP contribution in [0.2, 0.25) is 0 Å². The molecule has 6 heteroatoms. The van der Waals surface area contributed by atoms with E-state index in [4.69, 9.17) is 10.3 Å². The topological polar surface area (TPSA) is 64.9 Å². The maximum Gasteiger partial charge on any atom is 0.350 e. The van der Waals surface area contributed by atoms with Crippen LogP contribution in [0, 0.1) is 0 Å². The van der Waals surface area contributed by atoms with Crippen molar-refractivity contribution in [1.29, 1.82) is 0 Å². The van der Waals surface area contributed by atoms with Crippen molar-refractivity contribution >= 4 is 0 Å². The van der Waals surface area contributed by atoms with Gasteiger partial charge in [0, 0.05) is 5.56 Å². The Morgan fingerprint density at radius 2 is 1.89 bits per heavy atom. The minimum atomic E-state index is -3.30. The fourth-order valence-corrected chi connectivity index (χ4v) is 2.11. The highest BCUT2D eigenvalue weighted by Gasteiger charge is 2.44. The summed E-state index contributed by atoms with van der Waals surface area (Å²) in [6, 6.07) is 7.40. The second-order valence-corrected chi connectivity index (χ2v) is 4.87. The van der Waals surface area contributed by atoms with Gasteiger partial charge in [0.2, 0.25) is 0 Å². The summed E-state index contributed by atoms with van der Waals surface area (Å²) in [6.45, 7) is 0. The predicted octanol–water partition coefficient (Wildman–Crippen LogP) is 2.55. The molecule has 0 unspecified atom stereocenters. The first-order valence-corrected chi connectivity index (χ1v) is 6.09. The Bertz CT molecular complexity index is 579. The van der Waals surface area contributed by atoms with Gasteiger partial charge in [-0.05, 0) is 19.3 Å². The van der Waals surface area contributed by atoms with Gasteiger partial charge in [-0.1, -0.05) is 35.5 Å². The van der Waals surface area contributed by atoms with E-state index in [1.54, 1.807) is 6.07 Å². The molecule has 19 heavy (non-hydrogen) atoms. The van der Waals surface area contributed by atoms with Crippen molar-refractivity contribution in [3.8, 4) is 0 Å². The molecule has 1 aromatic heterocycles. The second-order valence-electron chi connectivity index (χ2n) is 4.87. The van der Waals surface area contributed by atoms with E-state index >= 15 is 0 Å². The quantitative estimate of drug-likeness (QED) is 0.926. The van der Waals surface area contributed by atoms with Crippen LogP contribution in [0.1, 0.15) is 36.5 Å². The highest BCUT2D eigenvalue weighted by atomic mass is 19.3. The molecule has 1 aromatic carbocycles. The van der Waals surface area contributed by atoms with E-state index < -0.39 is 17.4 Å². The molecule has 3 rings (SSSR count). The number of halogens is 2. The maximum absolute atomic E-state index is 14.2. The Hall–Kier alpha value is -1.82. The lowest BCUT2D eigenvalue weighted by Gasteiger charge is -2.34. The van der Waals surface area contributed by atoms with E-state index in [9.17, 15) is 8.78 Å². The van der Waals surface area contributed by atoms with Gasteiger partial charge in [0.15, 0.2) is 5.82 Å². The van der Waals surface area contributed by atoms with E-state index in [2.05, 4.69) is 10.1 Å². The maximum atomic E-state index is 14.2. The Morgan fingerprint density at radius 3 is 2.47 bits per heavy atom. The van der Waals surface area contributed by atoms with Crippen LogP contribution in [-0.2, 0) is 11.5 Å². The molecule has 2 N–H and O–H groups in total. The van der Waals surface area contributed by atoms with Crippen molar-refractivity contribution in [2.45, 2.75) is 30.7 Å². The largest absolute Gasteiger partial charge is 0.350 e. The fraction of sp³-hybridized carbons (Fsp3) is 0.385. The van der Waals surface area contributed by atoms with Crippen LogP contribution in [-0.4, -0.2) is 10.1 Å². The second kappa shape index (κ2) is 4.09. The highest BCUT2D eigenvalue weighted by Crippen LogP contribution is 2.39. The van der Waals surface area contributed by atoms with Gasteiger partial charge in [-0.25, -0.2) is 0 Å². The summed E-state index contributed by atoms with van der Waals surface area (Å²) in [4.78, 5) is 3.80. The smallest absolute Gasteiger partial charge is 0.332 e. The number of hydrogen-bond acceptors (Lipinski definition) is 4. The van der Waals surface area contributed by atoms with Gasteiger partial charge in [-0.15, -0.1) is 0 Å². The average molecular weight is 265 g/mol. The summed E-state index contributed by atoms with van der Waals surface area (Å²) >= 11 is 0. The molecule has 0 amide bonds. The van der Waals surface area contributed by atoms with Gasteiger partial charge in [0.05, 0.1) is 5.54 Å². The Balaban J connectivity index is 1.94. The van der Waals surface area contributed by atoms with Crippen LogP contribution < -0.4 is 5.73 Å². The summed E-state index contributed by atoms with van der Waals surface area (Å²) in [5, 5.41) is 3.61. The molecule has 0 atom stereocenters. The van der Waals surface area contributed by atoms with Gasteiger partial charge in [0.1, 0.15) is 0 Å². The minimum Gasteiger partial charge on any atom is -0.332 e. The normalized spacial score (nSPS) is 18.1. The fourth-order valence-electron chi connectivity index (χ4n) is 2.11. The Morgan fingerprint density at radius 1 is 1.21 bits per heavy atom. The molecule has 0 spiro atoms. The summed E-state index contributed by atoms with van der Waals surface area (Å²) in [5.74, 6) is -3.83. The van der Waals surface area contributed by atoms with Crippen molar-refractivity contribution in [2.24, 2.45) is 5.73 Å². The number of alkyl halides is 2. The monoisotopic (exact) mass is 265 g/mol. The van der Waals surface area contributed by atoms with Gasteiger partial charge < -0.3 is 10.3 Å². The third-order valence-corrected chi connectivity index (χ3v) is 3.52. The van der Waals surface area contributed by atoms with Crippen LogP contribution in [0.15, 0.2) is 34.9 Å². The molecule has 1 heterocycles. The van der Waals surface area contributed by atoms with Crippen molar-refractivity contribution < 1.29 is 13.3 Å². The summed E-state index contributed by atoms with van der Waals surface area (Å²) in [6.07, 6.45) is 2.35. The van der Waals surface area contributed by atoms with E-state index in [1.165, 1.54) is 24.3 Å². The zero-order valence-electron chi connectivity index (χ0n) is 10.1. The van der Waals surface area contributed by atoms with Crippen molar-refractivity contribution in [3.63, 3.8) is 0 Å². The molecule has 1 aliphatic carbocycles. The number of aromatic nitrogens is 2. The molecule has 2 aromatic rings. The van der Waals surface area contributed by atoms with Gasteiger partial charge in [-0.3, -0.25) is 0 Å². The lowest BCUT2D eigenvalue weighted by atomic mass is 9.77. The zero-order chi connectivity index (χ0) is 13.5. The average Bonchev–Trinajstić information content (AvgIpc) is 2.87. The van der Waals surface area contributed by atoms with Gasteiger partial charge in [-0.2, -0.15) is 13.8 Å². The first-order valence-electron chi connectivity index (χ1n) is 6.09. The molecule has 0 bridgehead atoms. The SMILES string of the molecule is NC1(c2noc(C(F)(F)c3ccccc3)n2)CCC1. The molecule has 1 aliphatic rings. The third kappa shape index (κ3) is 1.92. The third-order valence-electron chi connectivity index (χ3n) is 3.52. The predicted molar refractivity (Wildman–Crippen MR) is 63.5 cm³/mol. The van der Waals surface area contributed by atoms with Crippen LogP contribution in [0.5, 0.6) is 0 Å². The number of nitrogens with two attached hydrogens (primary N) is 1. The number of benzene rings is 1. The van der Waals surface area contributed by atoms with Crippen molar-refractivity contribution in [3.05, 3.63) is 47.6 Å². The first-order chi connectivity index (χ1) is 9.02. The molecule has 1 fully saturated rings. The number of rotatable bonds is 3. The summed E-state index contributed by atoms with van der Waals surface area (Å²) in [5.41, 5.74) is 5.11. The van der Waals surface area contributed by atoms with Gasteiger partial charge in [0.25, 0.3) is 0 Å². The lowest BCUT2D eigenvalue weighted by molar-refractivity contribution is 0.00761. The molecule has 4 nitrogen and oxygen atoms in total. The molecule has 1 saturated carbocycles. The Labute approximate surface area is 108 Å². The van der Waals surface area contributed by atoms with Crippen LogP contribution >= 0.6 is 0 Å². The van der Waals surface area contributed by atoms with Crippen molar-refractivity contribution in [2.75, 3.05) is 0 Å². The lowest BCUT2D eigenvalue weighted by Crippen LogP contribution is -2.44. The van der Waals surface area contributed by atoms with Crippen LogP contribution in [0.3, 0.4) is 0 Å².